The molecule has 1 saturated heterocycles. The van der Waals surface area contributed by atoms with Crippen molar-refractivity contribution in [2.24, 2.45) is 5.10 Å². The van der Waals surface area contributed by atoms with Crippen molar-refractivity contribution in [1.82, 2.24) is 10.4 Å². The van der Waals surface area contributed by atoms with Crippen molar-refractivity contribution < 1.29 is 9.53 Å². The molecule has 37 heavy (non-hydrogen) atoms. The monoisotopic (exact) mass is 548 g/mol. The van der Waals surface area contributed by atoms with E-state index in [1.165, 1.54) is 0 Å². The number of carbonyl (C=O) groups is 1. The highest BCUT2D eigenvalue weighted by Gasteiger charge is 2.19. The number of ether oxygens (including phenoxy) is 1. The zero-order valence-electron chi connectivity index (χ0n) is 20.0. The third kappa shape index (κ3) is 6.78. The summed E-state index contributed by atoms with van der Waals surface area (Å²) in [6, 6.07) is 25.4. The Bertz CT molecular complexity index is 1350. The van der Waals surface area contributed by atoms with Crippen molar-refractivity contribution >= 4 is 52.0 Å². The van der Waals surface area contributed by atoms with E-state index in [4.69, 9.17) is 21.3 Å². The number of thioether (sulfide) groups is 1. The largest absolute Gasteiger partial charge is 0.378 e. The number of benzene rings is 3. The lowest BCUT2D eigenvalue weighted by Gasteiger charge is -2.26. The number of thiazole rings is 1. The molecule has 0 bridgehead atoms. The minimum atomic E-state index is -0.257. The zero-order chi connectivity index (χ0) is 25.5. The summed E-state index contributed by atoms with van der Waals surface area (Å²) in [4.78, 5) is 21.8. The van der Waals surface area contributed by atoms with E-state index in [-0.39, 0.29) is 5.91 Å². The molecular weight excluding hydrogens is 524 g/mol. The minimum absolute atomic E-state index is 0.257. The minimum Gasteiger partial charge on any atom is -0.378 e. The number of amides is 1. The number of aromatic nitrogens is 1. The Morgan fingerprint density at radius 3 is 2.51 bits per heavy atom. The molecule has 5 rings (SSSR count). The maximum atomic E-state index is 12.7. The smallest absolute Gasteiger partial charge is 0.271 e. The van der Waals surface area contributed by atoms with Crippen LogP contribution in [0.1, 0.15) is 20.8 Å². The second-order valence-electron chi connectivity index (χ2n) is 8.31. The van der Waals surface area contributed by atoms with Crippen molar-refractivity contribution in [2.75, 3.05) is 31.2 Å². The maximum Gasteiger partial charge on any atom is 0.271 e. The van der Waals surface area contributed by atoms with Gasteiger partial charge in [-0.3, -0.25) is 4.79 Å². The number of nitrogens with one attached hydrogen (secondary N) is 1. The molecule has 1 aromatic heterocycles. The SMILES string of the molecule is O=C(NN=Cc1sc(N2CCOCC2)nc1-c1ccccc1)c1ccc(CSc2ccc(Cl)cc2)cc1. The Balaban J connectivity index is 1.23. The van der Waals surface area contributed by atoms with Gasteiger partial charge in [-0.1, -0.05) is 65.4 Å². The summed E-state index contributed by atoms with van der Waals surface area (Å²) in [5.41, 5.74) is 6.21. The number of anilines is 1. The standard InChI is InChI=1S/C28H25ClN4O2S2/c29-23-10-12-24(13-11-23)36-19-20-6-8-22(9-7-20)27(34)32-30-18-25-26(21-4-2-1-3-5-21)31-28(37-25)33-14-16-35-17-15-33/h1-13,18H,14-17,19H2,(H,32,34). The number of rotatable bonds is 8. The van der Waals surface area contributed by atoms with Crippen LogP contribution in [0.3, 0.4) is 0 Å². The third-order valence-electron chi connectivity index (χ3n) is 5.75. The van der Waals surface area contributed by atoms with Crippen molar-refractivity contribution in [3.8, 4) is 11.3 Å². The lowest BCUT2D eigenvalue weighted by atomic mass is 10.1. The van der Waals surface area contributed by atoms with Crippen molar-refractivity contribution in [3.63, 3.8) is 0 Å². The normalized spacial score (nSPS) is 13.7. The molecule has 6 nitrogen and oxygen atoms in total. The topological polar surface area (TPSA) is 66.8 Å². The van der Waals surface area contributed by atoms with Crippen molar-refractivity contribution in [3.05, 3.63) is 99.9 Å². The fourth-order valence-electron chi connectivity index (χ4n) is 3.76. The predicted molar refractivity (Wildman–Crippen MR) is 153 cm³/mol. The summed E-state index contributed by atoms with van der Waals surface area (Å²) < 4.78 is 5.48. The van der Waals surface area contributed by atoms with Gasteiger partial charge in [-0.2, -0.15) is 5.10 Å². The number of carbonyl (C=O) groups excluding carboxylic acids is 1. The van der Waals surface area contributed by atoms with Crippen LogP contribution in [0.25, 0.3) is 11.3 Å². The van der Waals surface area contributed by atoms with Gasteiger partial charge in [-0.25, -0.2) is 10.4 Å². The predicted octanol–water partition coefficient (Wildman–Crippen LogP) is 6.36. The third-order valence-corrected chi connectivity index (χ3v) is 8.14. The molecule has 9 heteroatoms. The second-order valence-corrected chi connectivity index (χ2v) is 10.8. The second kappa shape index (κ2) is 12.4. The van der Waals surface area contributed by atoms with Crippen LogP contribution in [-0.4, -0.2) is 43.4 Å². The highest BCUT2D eigenvalue weighted by molar-refractivity contribution is 7.98. The van der Waals surface area contributed by atoms with Crippen LogP contribution in [-0.2, 0) is 10.5 Å². The lowest BCUT2D eigenvalue weighted by molar-refractivity contribution is 0.0955. The lowest BCUT2D eigenvalue weighted by Crippen LogP contribution is -2.36. The van der Waals surface area contributed by atoms with Gasteiger partial charge in [0.15, 0.2) is 5.13 Å². The van der Waals surface area contributed by atoms with E-state index in [9.17, 15) is 4.79 Å². The molecule has 3 aromatic carbocycles. The van der Waals surface area contributed by atoms with E-state index < -0.39 is 0 Å². The molecule has 0 saturated carbocycles. The number of morpholine rings is 1. The molecular formula is C28H25ClN4O2S2. The van der Waals surface area contributed by atoms with Crippen LogP contribution >= 0.6 is 34.7 Å². The van der Waals surface area contributed by atoms with Crippen LogP contribution in [0, 0.1) is 0 Å². The average molecular weight is 549 g/mol. The van der Waals surface area contributed by atoms with Gasteiger partial charge in [0.25, 0.3) is 5.91 Å². The molecule has 0 radical (unpaired) electrons. The van der Waals surface area contributed by atoms with E-state index in [0.717, 1.165) is 55.6 Å². The van der Waals surface area contributed by atoms with E-state index in [1.54, 1.807) is 29.3 Å². The summed E-state index contributed by atoms with van der Waals surface area (Å²) in [5.74, 6) is 0.549. The van der Waals surface area contributed by atoms with Gasteiger partial charge >= 0.3 is 0 Å². The molecule has 188 valence electrons. The first-order valence-electron chi connectivity index (χ1n) is 11.9. The summed E-state index contributed by atoms with van der Waals surface area (Å²) in [7, 11) is 0. The van der Waals surface area contributed by atoms with Crippen molar-refractivity contribution in [1.29, 1.82) is 0 Å². The molecule has 1 N–H and O–H groups in total. The Kier molecular flexibility index (Phi) is 8.53. The molecule has 2 heterocycles. The maximum absolute atomic E-state index is 12.7. The van der Waals surface area contributed by atoms with E-state index in [1.807, 2.05) is 78.9 Å². The number of nitrogens with zero attached hydrogens (tertiary/aromatic N) is 3. The molecule has 0 aliphatic carbocycles. The van der Waals surface area contributed by atoms with Crippen molar-refractivity contribution in [2.45, 2.75) is 10.6 Å². The number of hydrogen-bond acceptors (Lipinski definition) is 7. The zero-order valence-corrected chi connectivity index (χ0v) is 22.4. The van der Waals surface area contributed by atoms with Crippen LogP contribution in [0.15, 0.2) is 88.9 Å². The molecule has 0 atom stereocenters. The summed E-state index contributed by atoms with van der Waals surface area (Å²) in [5, 5.41) is 5.92. The summed E-state index contributed by atoms with van der Waals surface area (Å²) in [6.07, 6.45) is 1.68. The van der Waals surface area contributed by atoms with Gasteiger partial charge in [-0.15, -0.1) is 11.8 Å². The first-order valence-corrected chi connectivity index (χ1v) is 14.0. The van der Waals surface area contributed by atoms with Crippen LogP contribution in [0.2, 0.25) is 5.02 Å². The first kappa shape index (κ1) is 25.5. The molecule has 1 fully saturated rings. The van der Waals surface area contributed by atoms with E-state index in [2.05, 4.69) is 15.4 Å². The Morgan fingerprint density at radius 2 is 1.78 bits per heavy atom. The first-order chi connectivity index (χ1) is 18.2. The quantitative estimate of drug-likeness (QED) is 0.158. The van der Waals surface area contributed by atoms with Gasteiger partial charge in [-0.05, 0) is 42.0 Å². The Hall–Kier alpha value is -3.17. The van der Waals surface area contributed by atoms with E-state index in [0.29, 0.717) is 18.8 Å². The average Bonchev–Trinajstić information content (AvgIpc) is 3.38. The number of hydrogen-bond donors (Lipinski definition) is 1. The van der Waals surface area contributed by atoms with Gasteiger partial charge in [0.05, 0.1) is 30.0 Å². The Morgan fingerprint density at radius 1 is 1.05 bits per heavy atom. The molecule has 1 amide bonds. The number of halogens is 1. The van der Waals surface area contributed by atoms with Gasteiger partial charge in [0, 0.05) is 39.9 Å². The van der Waals surface area contributed by atoms with Gasteiger partial charge < -0.3 is 9.64 Å². The fourth-order valence-corrected chi connectivity index (χ4v) is 5.76. The fraction of sp³-hybridized carbons (Fsp3) is 0.179. The highest BCUT2D eigenvalue weighted by atomic mass is 35.5. The van der Waals surface area contributed by atoms with Crippen LogP contribution < -0.4 is 10.3 Å². The van der Waals surface area contributed by atoms with Crippen LogP contribution in [0.4, 0.5) is 5.13 Å². The highest BCUT2D eigenvalue weighted by Crippen LogP contribution is 2.32. The number of hydrazone groups is 1. The molecule has 0 unspecified atom stereocenters. The Labute approximate surface area is 229 Å². The summed E-state index contributed by atoms with van der Waals surface area (Å²) >= 11 is 9.24. The van der Waals surface area contributed by atoms with Gasteiger partial charge in [0.2, 0.25) is 0 Å². The van der Waals surface area contributed by atoms with Crippen LogP contribution in [0.5, 0.6) is 0 Å². The molecule has 0 spiro atoms. The van der Waals surface area contributed by atoms with Gasteiger partial charge in [0.1, 0.15) is 0 Å². The van der Waals surface area contributed by atoms with E-state index >= 15 is 0 Å². The molecule has 4 aromatic rings. The summed E-state index contributed by atoms with van der Waals surface area (Å²) in [6.45, 7) is 3.00. The molecule has 1 aliphatic rings. The molecule has 1 aliphatic heterocycles.